The molecular weight excluding hydrogens is 134 g/mol. The highest BCUT2D eigenvalue weighted by Crippen LogP contribution is 1.85. The summed E-state index contributed by atoms with van der Waals surface area (Å²) in [5, 5.41) is 10.2. The molecule has 0 saturated carbocycles. The topological polar surface area (TPSA) is 96.0 Å². The number of primary amides is 1. The Kier molecular flexibility index (Phi) is 3.64. The van der Waals surface area contributed by atoms with Crippen LogP contribution in [0.1, 0.15) is 6.42 Å². The van der Waals surface area contributed by atoms with Crippen LogP contribution in [0.15, 0.2) is 0 Å². The van der Waals surface area contributed by atoms with Crippen molar-refractivity contribution in [3.8, 4) is 6.07 Å². The van der Waals surface area contributed by atoms with Crippen LogP contribution in [0.25, 0.3) is 0 Å². The molecule has 0 aliphatic carbocycles. The molecule has 0 saturated heterocycles. The Bertz CT molecular complexity index is 172. The number of nitriles is 1. The summed E-state index contributed by atoms with van der Waals surface area (Å²) in [6.45, 7) is 0. The normalized spacial score (nSPS) is 11.1. The van der Waals surface area contributed by atoms with Crippen molar-refractivity contribution in [3.05, 3.63) is 0 Å². The Morgan fingerprint density at radius 1 is 1.90 bits per heavy atom. The van der Waals surface area contributed by atoms with E-state index in [4.69, 9.17) is 11.0 Å². The predicted octanol–water partition coefficient (Wildman–Crippen LogP) is -1.50. The third kappa shape index (κ3) is 2.67. The Labute approximate surface area is 57.8 Å². The van der Waals surface area contributed by atoms with Crippen molar-refractivity contribution < 1.29 is 9.59 Å². The number of carbonyl (C=O) groups is 2. The van der Waals surface area contributed by atoms with Gasteiger partial charge in [0, 0.05) is 0 Å². The molecule has 0 spiro atoms. The molecule has 0 aromatic rings. The molecule has 54 valence electrons. The predicted molar refractivity (Wildman–Crippen MR) is 32.4 cm³/mol. The Morgan fingerprint density at radius 3 is 2.80 bits per heavy atom. The van der Waals surface area contributed by atoms with E-state index < -0.39 is 11.9 Å². The number of carbonyl (C=O) groups excluding carboxylic acids is 2. The molecule has 10 heavy (non-hydrogen) atoms. The highest BCUT2D eigenvalue weighted by atomic mass is 16.2. The summed E-state index contributed by atoms with van der Waals surface area (Å²) in [5.74, 6) is -0.700. The number of amides is 2. The zero-order chi connectivity index (χ0) is 7.98. The van der Waals surface area contributed by atoms with Gasteiger partial charge >= 0.3 is 0 Å². The summed E-state index contributed by atoms with van der Waals surface area (Å²) >= 11 is 0. The number of hydrogen-bond acceptors (Lipinski definition) is 3. The lowest BCUT2D eigenvalue weighted by atomic mass is 10.2. The second kappa shape index (κ2) is 4.32. The van der Waals surface area contributed by atoms with E-state index in [2.05, 4.69) is 5.32 Å². The minimum Gasteiger partial charge on any atom is -0.368 e. The lowest BCUT2D eigenvalue weighted by molar-refractivity contribution is -0.122. The van der Waals surface area contributed by atoms with Gasteiger partial charge < -0.3 is 11.1 Å². The number of nitrogens with zero attached hydrogens (tertiary/aromatic N) is 1. The van der Waals surface area contributed by atoms with Crippen molar-refractivity contribution in [2.75, 3.05) is 0 Å². The monoisotopic (exact) mass is 141 g/mol. The third-order valence-corrected chi connectivity index (χ3v) is 0.908. The summed E-state index contributed by atoms with van der Waals surface area (Å²) < 4.78 is 0. The van der Waals surface area contributed by atoms with Crippen molar-refractivity contribution >= 4 is 12.3 Å². The fourth-order valence-electron chi connectivity index (χ4n) is 0.415. The maximum atomic E-state index is 10.3. The number of nitrogens with two attached hydrogens (primary N) is 1. The molecule has 0 rings (SSSR count). The van der Waals surface area contributed by atoms with Gasteiger partial charge in [-0.15, -0.1) is 0 Å². The van der Waals surface area contributed by atoms with Crippen molar-refractivity contribution in [1.29, 1.82) is 5.26 Å². The van der Waals surface area contributed by atoms with Gasteiger partial charge in [-0.3, -0.25) is 9.59 Å². The quantitative estimate of drug-likeness (QED) is 0.466. The smallest absolute Gasteiger partial charge is 0.241 e. The van der Waals surface area contributed by atoms with Crippen LogP contribution >= 0.6 is 0 Å². The van der Waals surface area contributed by atoms with Gasteiger partial charge in [0.25, 0.3) is 0 Å². The van der Waals surface area contributed by atoms with Crippen LogP contribution in [0.2, 0.25) is 0 Å². The van der Waals surface area contributed by atoms with Gasteiger partial charge in [-0.05, 0) is 0 Å². The molecule has 0 aliphatic rings. The van der Waals surface area contributed by atoms with E-state index in [9.17, 15) is 9.59 Å². The van der Waals surface area contributed by atoms with Crippen molar-refractivity contribution in [2.45, 2.75) is 12.5 Å². The molecule has 5 heteroatoms. The lowest BCUT2D eigenvalue weighted by Gasteiger charge is -2.05. The Balaban J connectivity index is 3.86. The van der Waals surface area contributed by atoms with Crippen LogP contribution in [0.4, 0.5) is 0 Å². The molecule has 3 N–H and O–H groups in total. The van der Waals surface area contributed by atoms with Gasteiger partial charge in [0.2, 0.25) is 12.3 Å². The van der Waals surface area contributed by atoms with E-state index in [-0.39, 0.29) is 6.42 Å². The molecule has 0 aromatic heterocycles. The van der Waals surface area contributed by atoms with E-state index in [0.717, 1.165) is 0 Å². The first-order chi connectivity index (χ1) is 4.72. The first kappa shape index (κ1) is 8.43. The van der Waals surface area contributed by atoms with Gasteiger partial charge in [0.1, 0.15) is 6.04 Å². The average molecular weight is 141 g/mol. The summed E-state index contributed by atoms with van der Waals surface area (Å²) in [4.78, 5) is 20.1. The van der Waals surface area contributed by atoms with Crippen molar-refractivity contribution in [1.82, 2.24) is 5.32 Å². The van der Waals surface area contributed by atoms with E-state index >= 15 is 0 Å². The first-order valence-corrected chi connectivity index (χ1v) is 2.58. The number of nitrogens with one attached hydrogen (secondary N) is 1. The highest BCUT2D eigenvalue weighted by Gasteiger charge is 2.11. The molecule has 2 amide bonds. The van der Waals surface area contributed by atoms with Crippen LogP contribution in [-0.2, 0) is 9.59 Å². The summed E-state index contributed by atoms with van der Waals surface area (Å²) in [6.07, 6.45) is 0.251. The molecule has 0 aliphatic heterocycles. The second-order valence-electron chi connectivity index (χ2n) is 1.60. The molecule has 0 radical (unpaired) electrons. The second-order valence-corrected chi connectivity index (χ2v) is 1.60. The third-order valence-electron chi connectivity index (χ3n) is 0.908. The molecule has 0 heterocycles. The van der Waals surface area contributed by atoms with Crippen LogP contribution in [0, 0.1) is 11.3 Å². The maximum Gasteiger partial charge on any atom is 0.241 e. The maximum absolute atomic E-state index is 10.3. The van der Waals surface area contributed by atoms with Crippen LogP contribution < -0.4 is 11.1 Å². The zero-order valence-electron chi connectivity index (χ0n) is 5.20. The standard InChI is InChI=1S/C5H7N3O2/c6-2-1-4(5(7)10)8-3-9/h3-4H,1H2,(H2,7,10)(H,8,9). The van der Waals surface area contributed by atoms with Gasteiger partial charge in [0.15, 0.2) is 0 Å². The van der Waals surface area contributed by atoms with Gasteiger partial charge in [-0.25, -0.2) is 0 Å². The number of rotatable bonds is 4. The summed E-state index contributed by atoms with van der Waals surface area (Å²) in [6, 6.07) is 0.853. The Morgan fingerprint density at radius 2 is 2.50 bits per heavy atom. The SMILES string of the molecule is N#CCC(NC=O)C(N)=O. The fraction of sp³-hybridized carbons (Fsp3) is 0.400. The molecule has 1 atom stereocenters. The van der Waals surface area contributed by atoms with Gasteiger partial charge in [-0.2, -0.15) is 5.26 Å². The number of hydrogen-bond donors (Lipinski definition) is 2. The summed E-state index contributed by atoms with van der Waals surface area (Å²) in [5.41, 5.74) is 4.80. The molecule has 1 unspecified atom stereocenters. The van der Waals surface area contributed by atoms with Gasteiger partial charge in [0.05, 0.1) is 12.5 Å². The molecule has 5 nitrogen and oxygen atoms in total. The van der Waals surface area contributed by atoms with E-state index in [1.807, 2.05) is 0 Å². The van der Waals surface area contributed by atoms with Crippen molar-refractivity contribution in [3.63, 3.8) is 0 Å². The van der Waals surface area contributed by atoms with Gasteiger partial charge in [-0.1, -0.05) is 0 Å². The van der Waals surface area contributed by atoms with Crippen LogP contribution in [0.5, 0.6) is 0 Å². The van der Waals surface area contributed by atoms with Crippen LogP contribution in [-0.4, -0.2) is 18.4 Å². The van der Waals surface area contributed by atoms with E-state index in [1.165, 1.54) is 0 Å². The fourth-order valence-corrected chi connectivity index (χ4v) is 0.415. The zero-order valence-corrected chi connectivity index (χ0v) is 5.20. The highest BCUT2D eigenvalue weighted by molar-refractivity contribution is 5.82. The molecule has 0 bridgehead atoms. The molecule has 0 aromatic carbocycles. The minimum absolute atomic E-state index is 0.0892. The van der Waals surface area contributed by atoms with E-state index in [0.29, 0.717) is 6.41 Å². The van der Waals surface area contributed by atoms with E-state index in [1.54, 1.807) is 6.07 Å². The minimum atomic E-state index is -0.859. The Hall–Kier alpha value is -1.57. The molecular formula is C5H7N3O2. The van der Waals surface area contributed by atoms with Crippen molar-refractivity contribution in [2.24, 2.45) is 5.73 Å². The average Bonchev–Trinajstić information content (AvgIpc) is 1.87. The first-order valence-electron chi connectivity index (χ1n) is 2.58. The largest absolute Gasteiger partial charge is 0.368 e. The summed E-state index contributed by atoms with van der Waals surface area (Å²) in [7, 11) is 0. The lowest BCUT2D eigenvalue weighted by Crippen LogP contribution is -2.40. The molecule has 0 fully saturated rings. The van der Waals surface area contributed by atoms with Crippen LogP contribution in [0.3, 0.4) is 0 Å².